The third-order valence-electron chi connectivity index (χ3n) is 4.55. The minimum absolute atomic E-state index is 0.104. The summed E-state index contributed by atoms with van der Waals surface area (Å²) in [5.74, 6) is 0.383. The number of nitrogens with one attached hydrogen (secondary N) is 3. The molecule has 1 heterocycles. The van der Waals surface area contributed by atoms with E-state index in [4.69, 9.17) is 0 Å². The Balaban J connectivity index is 2.05. The zero-order valence-electron chi connectivity index (χ0n) is 18.5. The topological polar surface area (TPSA) is 103 Å². The summed E-state index contributed by atoms with van der Waals surface area (Å²) in [5, 5.41) is 9.00. The van der Waals surface area contributed by atoms with Crippen molar-refractivity contribution in [2.24, 2.45) is 4.99 Å². The number of carbonyl (C=O) groups excluding carboxylic acids is 1. The van der Waals surface area contributed by atoms with Crippen LogP contribution in [0.2, 0.25) is 0 Å². The van der Waals surface area contributed by atoms with E-state index in [-0.39, 0.29) is 18.0 Å². The van der Waals surface area contributed by atoms with Gasteiger partial charge in [0.1, 0.15) is 0 Å². The Labute approximate surface area is 180 Å². The molecule has 0 unspecified atom stereocenters. The summed E-state index contributed by atoms with van der Waals surface area (Å²) in [6.45, 7) is 9.94. The molecule has 1 amide bonds. The van der Waals surface area contributed by atoms with Crippen LogP contribution in [-0.2, 0) is 21.4 Å². The van der Waals surface area contributed by atoms with E-state index in [0.29, 0.717) is 37.0 Å². The first-order valence-electron chi connectivity index (χ1n) is 10.5. The van der Waals surface area contributed by atoms with Crippen LogP contribution in [-0.4, -0.2) is 56.3 Å². The van der Waals surface area contributed by atoms with Gasteiger partial charge in [-0.3, -0.25) is 4.79 Å². The van der Waals surface area contributed by atoms with Gasteiger partial charge < -0.3 is 16.0 Å². The van der Waals surface area contributed by atoms with Gasteiger partial charge in [0.2, 0.25) is 15.9 Å². The molecule has 9 heteroatoms. The molecule has 3 N–H and O–H groups in total. The molecule has 0 aliphatic carbocycles. The van der Waals surface area contributed by atoms with Gasteiger partial charge in [0.05, 0.1) is 18.0 Å². The normalized spacial score (nSPS) is 16.2. The van der Waals surface area contributed by atoms with Crippen LogP contribution in [0.25, 0.3) is 0 Å². The van der Waals surface area contributed by atoms with Gasteiger partial charge in [-0.1, -0.05) is 18.6 Å². The maximum atomic E-state index is 12.9. The number of guanidine groups is 1. The molecule has 0 radical (unpaired) electrons. The molecule has 168 valence electrons. The van der Waals surface area contributed by atoms with E-state index in [1.54, 1.807) is 22.5 Å². The molecule has 0 spiro atoms. The van der Waals surface area contributed by atoms with Gasteiger partial charge >= 0.3 is 0 Å². The molecule has 1 fully saturated rings. The number of rotatable bonds is 7. The SMILES string of the molecule is CCNC(=NCc1cccc(S(=O)(=O)N2CCCCC2)c1)NCC(=O)NC(C)(C)C. The lowest BCUT2D eigenvalue weighted by molar-refractivity contribution is -0.121. The maximum Gasteiger partial charge on any atom is 0.243 e. The van der Waals surface area contributed by atoms with E-state index in [2.05, 4.69) is 20.9 Å². The van der Waals surface area contributed by atoms with E-state index in [1.165, 1.54) is 0 Å². The standard InChI is InChI=1S/C21H35N5O3S/c1-5-22-20(24-16-19(27)25-21(2,3)4)23-15-17-10-9-11-18(14-17)30(28,29)26-12-7-6-8-13-26/h9-11,14H,5-8,12-13,15-16H2,1-4H3,(H,25,27)(H2,22,23,24). The lowest BCUT2D eigenvalue weighted by Gasteiger charge is -2.26. The largest absolute Gasteiger partial charge is 0.357 e. The van der Waals surface area contributed by atoms with Crippen molar-refractivity contribution >= 4 is 21.9 Å². The second kappa shape index (κ2) is 10.8. The van der Waals surface area contributed by atoms with E-state index >= 15 is 0 Å². The highest BCUT2D eigenvalue weighted by atomic mass is 32.2. The van der Waals surface area contributed by atoms with Gasteiger partial charge in [-0.2, -0.15) is 4.31 Å². The predicted octanol–water partition coefficient (Wildman–Crippen LogP) is 1.83. The van der Waals surface area contributed by atoms with Gasteiger partial charge in [0, 0.05) is 25.2 Å². The molecule has 1 saturated heterocycles. The molecule has 1 aliphatic rings. The Bertz CT molecular complexity index is 840. The third kappa shape index (κ3) is 7.60. The monoisotopic (exact) mass is 437 g/mol. The third-order valence-corrected chi connectivity index (χ3v) is 6.44. The fraction of sp³-hybridized carbons (Fsp3) is 0.619. The van der Waals surface area contributed by atoms with Crippen LogP contribution >= 0.6 is 0 Å². The highest BCUT2D eigenvalue weighted by Gasteiger charge is 2.25. The minimum Gasteiger partial charge on any atom is -0.357 e. The molecule has 1 aliphatic heterocycles. The molecular weight excluding hydrogens is 402 g/mol. The number of hydrogen-bond acceptors (Lipinski definition) is 4. The van der Waals surface area contributed by atoms with Crippen molar-refractivity contribution in [3.05, 3.63) is 29.8 Å². The number of hydrogen-bond donors (Lipinski definition) is 3. The second-order valence-corrected chi connectivity index (χ2v) is 10.4. The first kappa shape index (κ1) is 24.1. The summed E-state index contributed by atoms with van der Waals surface area (Å²) in [6, 6.07) is 6.92. The first-order valence-corrected chi connectivity index (χ1v) is 12.0. The van der Waals surface area contributed by atoms with Crippen molar-refractivity contribution in [1.82, 2.24) is 20.3 Å². The van der Waals surface area contributed by atoms with E-state index in [1.807, 2.05) is 33.8 Å². The molecule has 1 aromatic carbocycles. The summed E-state index contributed by atoms with van der Waals surface area (Å²) in [5.41, 5.74) is 0.499. The average molecular weight is 438 g/mol. The number of benzene rings is 1. The van der Waals surface area contributed by atoms with Crippen LogP contribution in [0, 0.1) is 0 Å². The molecule has 0 aromatic heterocycles. The smallest absolute Gasteiger partial charge is 0.243 e. The van der Waals surface area contributed by atoms with Crippen molar-refractivity contribution in [3.63, 3.8) is 0 Å². The van der Waals surface area contributed by atoms with Gasteiger partial charge in [0.15, 0.2) is 5.96 Å². The Morgan fingerprint density at radius 2 is 1.83 bits per heavy atom. The highest BCUT2D eigenvalue weighted by molar-refractivity contribution is 7.89. The summed E-state index contributed by atoms with van der Waals surface area (Å²) in [7, 11) is -3.47. The Kier molecular flexibility index (Phi) is 8.66. The average Bonchev–Trinajstić information content (AvgIpc) is 2.69. The quantitative estimate of drug-likeness (QED) is 0.446. The van der Waals surface area contributed by atoms with Crippen LogP contribution in [0.3, 0.4) is 0 Å². The number of sulfonamides is 1. The second-order valence-electron chi connectivity index (χ2n) is 8.46. The van der Waals surface area contributed by atoms with Crippen molar-refractivity contribution in [2.45, 2.75) is 63.9 Å². The zero-order chi connectivity index (χ0) is 22.2. The van der Waals surface area contributed by atoms with Crippen molar-refractivity contribution in [3.8, 4) is 0 Å². The first-order chi connectivity index (χ1) is 14.1. The van der Waals surface area contributed by atoms with Gasteiger partial charge in [-0.05, 0) is 58.2 Å². The van der Waals surface area contributed by atoms with Crippen LogP contribution in [0.15, 0.2) is 34.2 Å². The van der Waals surface area contributed by atoms with Gasteiger partial charge in [-0.25, -0.2) is 13.4 Å². The van der Waals surface area contributed by atoms with Crippen molar-refractivity contribution < 1.29 is 13.2 Å². The highest BCUT2D eigenvalue weighted by Crippen LogP contribution is 2.21. The summed E-state index contributed by atoms with van der Waals surface area (Å²) < 4.78 is 27.4. The number of amides is 1. The van der Waals surface area contributed by atoms with Crippen LogP contribution in [0.5, 0.6) is 0 Å². The molecule has 2 rings (SSSR count). The molecular formula is C21H35N5O3S. The molecule has 0 bridgehead atoms. The van der Waals surface area contributed by atoms with E-state index in [0.717, 1.165) is 24.8 Å². The lowest BCUT2D eigenvalue weighted by Crippen LogP contribution is -2.48. The number of piperidine rings is 1. The molecule has 0 atom stereocenters. The zero-order valence-corrected chi connectivity index (χ0v) is 19.3. The number of carbonyl (C=O) groups is 1. The predicted molar refractivity (Wildman–Crippen MR) is 120 cm³/mol. The van der Waals surface area contributed by atoms with Crippen molar-refractivity contribution in [1.29, 1.82) is 0 Å². The Morgan fingerprint density at radius 3 is 2.47 bits per heavy atom. The van der Waals surface area contributed by atoms with Crippen molar-refractivity contribution in [2.75, 3.05) is 26.2 Å². The Hall–Kier alpha value is -2.13. The van der Waals surface area contributed by atoms with Gasteiger partial charge in [0.25, 0.3) is 0 Å². The van der Waals surface area contributed by atoms with Crippen LogP contribution < -0.4 is 16.0 Å². The van der Waals surface area contributed by atoms with Crippen LogP contribution in [0.4, 0.5) is 0 Å². The van der Waals surface area contributed by atoms with Gasteiger partial charge in [-0.15, -0.1) is 0 Å². The maximum absolute atomic E-state index is 12.9. The lowest BCUT2D eigenvalue weighted by atomic mass is 10.1. The summed E-state index contributed by atoms with van der Waals surface area (Å²) >= 11 is 0. The van der Waals surface area contributed by atoms with E-state index < -0.39 is 10.0 Å². The summed E-state index contributed by atoms with van der Waals surface area (Å²) in [4.78, 5) is 16.8. The van der Waals surface area contributed by atoms with E-state index in [9.17, 15) is 13.2 Å². The Morgan fingerprint density at radius 1 is 1.13 bits per heavy atom. The number of aliphatic imine (C=N–C) groups is 1. The number of nitrogens with zero attached hydrogens (tertiary/aromatic N) is 2. The molecule has 8 nitrogen and oxygen atoms in total. The fourth-order valence-corrected chi connectivity index (χ4v) is 4.79. The molecule has 0 saturated carbocycles. The summed E-state index contributed by atoms with van der Waals surface area (Å²) in [6.07, 6.45) is 2.89. The molecule has 1 aromatic rings. The molecule has 30 heavy (non-hydrogen) atoms. The fourth-order valence-electron chi connectivity index (χ4n) is 3.20. The minimum atomic E-state index is -3.47. The van der Waals surface area contributed by atoms with Crippen LogP contribution in [0.1, 0.15) is 52.5 Å².